The minimum Gasteiger partial charge on any atom is -0.330 e. The number of rotatable bonds is 6. The molecule has 2 heteroatoms. The number of hydrogen-bond donors (Lipinski definition) is 0. The largest absolute Gasteiger partial charge is 0.330 e. The van der Waals surface area contributed by atoms with Crippen molar-refractivity contribution in [3.63, 3.8) is 0 Å². The first-order chi connectivity index (χ1) is 10.9. The molecule has 0 aliphatic carbocycles. The van der Waals surface area contributed by atoms with Crippen LogP contribution in [0, 0.1) is 0 Å². The van der Waals surface area contributed by atoms with Crippen LogP contribution in [0.15, 0.2) is 85.7 Å². The van der Waals surface area contributed by atoms with Gasteiger partial charge in [-0.1, -0.05) is 66.7 Å². The summed E-state index contributed by atoms with van der Waals surface area (Å²) in [6.07, 6.45) is 6.88. The van der Waals surface area contributed by atoms with E-state index in [4.69, 9.17) is 0 Å². The molecule has 0 aliphatic heterocycles. The van der Waals surface area contributed by atoms with Crippen LogP contribution in [0.25, 0.3) is 11.4 Å². The molecule has 0 saturated heterocycles. The molecule has 1 aromatic heterocycles. The molecule has 3 aromatic rings. The predicted molar refractivity (Wildman–Crippen MR) is 91.7 cm³/mol. The molecule has 0 bridgehead atoms. The Morgan fingerprint density at radius 2 is 1.68 bits per heavy atom. The summed E-state index contributed by atoms with van der Waals surface area (Å²) in [6.45, 7) is 4.81. The van der Waals surface area contributed by atoms with Crippen LogP contribution in [0.4, 0.5) is 0 Å². The van der Waals surface area contributed by atoms with Crippen molar-refractivity contribution in [2.24, 2.45) is 0 Å². The van der Waals surface area contributed by atoms with Crippen LogP contribution >= 0.6 is 0 Å². The van der Waals surface area contributed by atoms with Gasteiger partial charge >= 0.3 is 0 Å². The van der Waals surface area contributed by atoms with E-state index in [1.807, 2.05) is 30.5 Å². The van der Waals surface area contributed by atoms with E-state index in [0.29, 0.717) is 5.92 Å². The first-order valence-electron chi connectivity index (χ1n) is 7.61. The zero-order chi connectivity index (χ0) is 15.2. The van der Waals surface area contributed by atoms with Crippen molar-refractivity contribution in [2.75, 3.05) is 0 Å². The molecule has 0 aliphatic rings. The Bertz CT molecular complexity index is 714. The van der Waals surface area contributed by atoms with Crippen LogP contribution in [0.3, 0.4) is 0 Å². The minimum atomic E-state index is 0.412. The first kappa shape index (κ1) is 14.3. The van der Waals surface area contributed by atoms with Gasteiger partial charge in [0, 0.05) is 30.4 Å². The average molecular weight is 288 g/mol. The molecule has 0 radical (unpaired) electrons. The molecule has 0 saturated carbocycles. The van der Waals surface area contributed by atoms with Gasteiger partial charge in [0.25, 0.3) is 0 Å². The van der Waals surface area contributed by atoms with Crippen LogP contribution < -0.4 is 0 Å². The SMILES string of the molecule is C=CC[C@H](Cn1ccnc1-c1ccccc1)c1ccccc1. The number of benzene rings is 2. The monoisotopic (exact) mass is 288 g/mol. The lowest BCUT2D eigenvalue weighted by molar-refractivity contribution is 0.568. The van der Waals surface area contributed by atoms with Crippen molar-refractivity contribution >= 4 is 0 Å². The van der Waals surface area contributed by atoms with Gasteiger partial charge in [-0.15, -0.1) is 6.58 Å². The summed E-state index contributed by atoms with van der Waals surface area (Å²) in [4.78, 5) is 4.53. The summed E-state index contributed by atoms with van der Waals surface area (Å²) in [5.74, 6) is 1.43. The molecule has 1 atom stereocenters. The Hall–Kier alpha value is -2.61. The Balaban J connectivity index is 1.88. The van der Waals surface area contributed by atoms with Gasteiger partial charge in [-0.05, 0) is 12.0 Å². The Labute approximate surface area is 131 Å². The zero-order valence-electron chi connectivity index (χ0n) is 12.6. The van der Waals surface area contributed by atoms with E-state index in [1.165, 1.54) is 5.56 Å². The molecule has 1 heterocycles. The van der Waals surface area contributed by atoms with Crippen molar-refractivity contribution in [1.29, 1.82) is 0 Å². The second-order valence-corrected chi connectivity index (χ2v) is 5.40. The average Bonchev–Trinajstić information content (AvgIpc) is 3.04. The predicted octanol–water partition coefficient (Wildman–Crippen LogP) is 4.91. The second kappa shape index (κ2) is 6.90. The van der Waals surface area contributed by atoms with E-state index in [-0.39, 0.29) is 0 Å². The molecule has 2 aromatic carbocycles. The molecule has 110 valence electrons. The highest BCUT2D eigenvalue weighted by molar-refractivity contribution is 5.55. The molecule has 0 amide bonds. The van der Waals surface area contributed by atoms with Crippen LogP contribution in [-0.4, -0.2) is 9.55 Å². The lowest BCUT2D eigenvalue weighted by Crippen LogP contribution is -2.09. The van der Waals surface area contributed by atoms with Crippen LogP contribution in [0.5, 0.6) is 0 Å². The Morgan fingerprint density at radius 3 is 2.36 bits per heavy atom. The van der Waals surface area contributed by atoms with Crippen molar-refractivity contribution in [1.82, 2.24) is 9.55 Å². The normalized spacial score (nSPS) is 12.0. The first-order valence-corrected chi connectivity index (χ1v) is 7.61. The molecule has 3 rings (SSSR count). The summed E-state index contributed by atoms with van der Waals surface area (Å²) in [6, 6.07) is 20.9. The fourth-order valence-electron chi connectivity index (χ4n) is 2.78. The van der Waals surface area contributed by atoms with Gasteiger partial charge in [0.15, 0.2) is 0 Å². The minimum absolute atomic E-state index is 0.412. The van der Waals surface area contributed by atoms with Crippen LogP contribution in [0.1, 0.15) is 17.9 Å². The highest BCUT2D eigenvalue weighted by Crippen LogP contribution is 2.25. The summed E-state index contributed by atoms with van der Waals surface area (Å²) in [5, 5.41) is 0. The Kier molecular flexibility index (Phi) is 4.50. The number of imidazole rings is 1. The Morgan fingerprint density at radius 1 is 1.00 bits per heavy atom. The topological polar surface area (TPSA) is 17.8 Å². The maximum Gasteiger partial charge on any atom is 0.139 e. The number of allylic oxidation sites excluding steroid dienone is 1. The molecule has 0 unspecified atom stereocenters. The fraction of sp³-hybridized carbons (Fsp3) is 0.150. The lowest BCUT2D eigenvalue weighted by atomic mass is 9.95. The molecule has 0 spiro atoms. The van der Waals surface area contributed by atoms with Crippen molar-refractivity contribution in [2.45, 2.75) is 18.9 Å². The molecular formula is C20H20N2. The molecule has 2 nitrogen and oxygen atoms in total. The van der Waals surface area contributed by atoms with Gasteiger partial charge in [0.1, 0.15) is 5.82 Å². The summed E-state index contributed by atoms with van der Waals surface area (Å²) in [5.41, 5.74) is 2.49. The second-order valence-electron chi connectivity index (χ2n) is 5.40. The molecule has 0 N–H and O–H groups in total. The highest BCUT2D eigenvalue weighted by Gasteiger charge is 2.13. The van der Waals surface area contributed by atoms with Crippen molar-refractivity contribution < 1.29 is 0 Å². The van der Waals surface area contributed by atoms with E-state index in [9.17, 15) is 0 Å². The van der Waals surface area contributed by atoms with E-state index < -0.39 is 0 Å². The van der Waals surface area contributed by atoms with E-state index >= 15 is 0 Å². The smallest absolute Gasteiger partial charge is 0.139 e. The molecule has 0 fully saturated rings. The lowest BCUT2D eigenvalue weighted by Gasteiger charge is -2.18. The van der Waals surface area contributed by atoms with Crippen molar-refractivity contribution in [3.05, 3.63) is 91.3 Å². The summed E-state index contributed by atoms with van der Waals surface area (Å²) in [7, 11) is 0. The van der Waals surface area contributed by atoms with Gasteiger partial charge in [-0.2, -0.15) is 0 Å². The van der Waals surface area contributed by atoms with Gasteiger partial charge in [0.2, 0.25) is 0 Å². The van der Waals surface area contributed by atoms with E-state index in [1.54, 1.807) is 0 Å². The summed E-state index contributed by atoms with van der Waals surface area (Å²) < 4.78 is 2.23. The number of nitrogens with zero attached hydrogens (tertiary/aromatic N) is 2. The van der Waals surface area contributed by atoms with E-state index in [2.05, 4.69) is 64.8 Å². The fourth-order valence-corrected chi connectivity index (χ4v) is 2.78. The van der Waals surface area contributed by atoms with Crippen molar-refractivity contribution in [3.8, 4) is 11.4 Å². The van der Waals surface area contributed by atoms with Crippen LogP contribution in [-0.2, 0) is 6.54 Å². The van der Waals surface area contributed by atoms with E-state index in [0.717, 1.165) is 24.4 Å². The van der Waals surface area contributed by atoms with Gasteiger partial charge in [0.05, 0.1) is 0 Å². The van der Waals surface area contributed by atoms with Gasteiger partial charge in [-0.25, -0.2) is 4.98 Å². The summed E-state index contributed by atoms with van der Waals surface area (Å²) >= 11 is 0. The third kappa shape index (κ3) is 3.17. The quantitative estimate of drug-likeness (QED) is 0.589. The third-order valence-corrected chi connectivity index (χ3v) is 3.89. The number of aromatic nitrogens is 2. The van der Waals surface area contributed by atoms with Gasteiger partial charge in [-0.3, -0.25) is 0 Å². The molecule has 22 heavy (non-hydrogen) atoms. The maximum atomic E-state index is 4.53. The number of hydrogen-bond acceptors (Lipinski definition) is 1. The molecular weight excluding hydrogens is 268 g/mol. The standard InChI is InChI=1S/C20H20N2/c1-2-9-19(17-10-5-3-6-11-17)16-22-15-14-21-20(22)18-12-7-4-8-13-18/h2-8,10-15,19H,1,9,16H2/t19-/m1/s1. The highest BCUT2D eigenvalue weighted by atomic mass is 15.1. The maximum absolute atomic E-state index is 4.53. The van der Waals surface area contributed by atoms with Crippen LogP contribution in [0.2, 0.25) is 0 Å². The van der Waals surface area contributed by atoms with Gasteiger partial charge < -0.3 is 4.57 Å². The zero-order valence-corrected chi connectivity index (χ0v) is 12.6. The third-order valence-electron chi connectivity index (χ3n) is 3.89.